The fraction of sp³-hybridized carbons (Fsp3) is 0.208. The van der Waals surface area contributed by atoms with Gasteiger partial charge in [0.25, 0.3) is 0 Å². The van der Waals surface area contributed by atoms with Gasteiger partial charge >= 0.3 is 6.18 Å². The smallest absolute Gasteiger partial charge is 0.351 e. The topological polar surface area (TPSA) is 32.3 Å². The minimum absolute atomic E-state index is 0.145. The van der Waals surface area contributed by atoms with E-state index in [9.17, 15) is 22.4 Å². The molecule has 0 aliphatic rings. The van der Waals surface area contributed by atoms with Crippen molar-refractivity contribution in [2.45, 2.75) is 24.5 Å². The Morgan fingerprint density at radius 1 is 0.906 bits per heavy atom. The van der Waals surface area contributed by atoms with E-state index in [1.807, 2.05) is 35.5 Å². The maximum Gasteiger partial charge on any atom is 0.416 e. The predicted molar refractivity (Wildman–Crippen MR) is 118 cm³/mol. The summed E-state index contributed by atoms with van der Waals surface area (Å²) in [5.74, 6) is -0.451. The molecule has 8 heteroatoms. The van der Waals surface area contributed by atoms with Crippen LogP contribution in [0.3, 0.4) is 0 Å². The number of nitrogens with zero attached hydrogens (tertiary/aromatic N) is 1. The molecule has 0 unspecified atom stereocenters. The first kappa shape index (κ1) is 23.8. The second-order valence-corrected chi connectivity index (χ2v) is 8.22. The molecule has 0 aromatic heterocycles. The predicted octanol–water partition coefficient (Wildman–Crippen LogP) is 6.16. The lowest BCUT2D eigenvalue weighted by Gasteiger charge is -2.18. The van der Waals surface area contributed by atoms with Crippen LogP contribution in [0.5, 0.6) is 0 Å². The number of likely N-dealkylation sites (N-methyl/N-ethyl adjacent to an activating group) is 1. The molecule has 3 aromatic carbocycles. The number of hydrogen-bond donors (Lipinski definition) is 1. The van der Waals surface area contributed by atoms with Crippen molar-refractivity contribution in [3.63, 3.8) is 0 Å². The molecule has 0 saturated heterocycles. The maximum absolute atomic E-state index is 13.0. The van der Waals surface area contributed by atoms with Gasteiger partial charge in [0.05, 0.1) is 12.1 Å². The number of halogens is 4. The lowest BCUT2D eigenvalue weighted by atomic mass is 10.0. The first-order valence-electron chi connectivity index (χ1n) is 9.96. The van der Waals surface area contributed by atoms with Gasteiger partial charge in [0, 0.05) is 18.0 Å². The van der Waals surface area contributed by atoms with Gasteiger partial charge in [-0.1, -0.05) is 43.3 Å². The van der Waals surface area contributed by atoms with Crippen LogP contribution in [0.2, 0.25) is 0 Å². The Labute approximate surface area is 188 Å². The number of nitrogens with one attached hydrogen (secondary N) is 1. The Morgan fingerprint density at radius 2 is 1.47 bits per heavy atom. The third-order valence-electron chi connectivity index (χ3n) is 4.71. The minimum Gasteiger partial charge on any atom is -0.351 e. The van der Waals surface area contributed by atoms with Gasteiger partial charge in [-0.15, -0.1) is 0 Å². The summed E-state index contributed by atoms with van der Waals surface area (Å²) in [6.07, 6.45) is -4.36. The molecular weight excluding hydrogens is 440 g/mol. The number of carbonyl (C=O) groups is 1. The largest absolute Gasteiger partial charge is 0.416 e. The lowest BCUT2D eigenvalue weighted by Crippen LogP contribution is -2.33. The first-order chi connectivity index (χ1) is 15.2. The Balaban J connectivity index is 1.51. The van der Waals surface area contributed by atoms with E-state index in [4.69, 9.17) is 0 Å². The van der Waals surface area contributed by atoms with Crippen molar-refractivity contribution in [1.82, 2.24) is 9.62 Å². The fourth-order valence-corrected chi connectivity index (χ4v) is 3.80. The number of hydrogen-bond acceptors (Lipinski definition) is 3. The van der Waals surface area contributed by atoms with E-state index in [-0.39, 0.29) is 18.3 Å². The summed E-state index contributed by atoms with van der Waals surface area (Å²) in [5.41, 5.74) is 1.68. The third-order valence-corrected chi connectivity index (χ3v) is 5.84. The van der Waals surface area contributed by atoms with E-state index in [2.05, 4.69) is 5.32 Å². The SMILES string of the molecule is CCN(CC(=O)NCc1ccc(-c2ccc(C(F)(F)F)cc2)cc1)Sc1ccc(F)cc1. The van der Waals surface area contributed by atoms with Crippen LogP contribution in [0, 0.1) is 5.82 Å². The quantitative estimate of drug-likeness (QED) is 0.322. The Bertz CT molecular complexity index is 1020. The van der Waals surface area contributed by atoms with E-state index >= 15 is 0 Å². The van der Waals surface area contributed by atoms with Crippen LogP contribution in [-0.2, 0) is 17.5 Å². The van der Waals surface area contributed by atoms with Crippen molar-refractivity contribution in [2.24, 2.45) is 0 Å². The molecule has 0 atom stereocenters. The molecule has 0 aliphatic heterocycles. The molecule has 0 heterocycles. The van der Waals surface area contributed by atoms with Crippen molar-refractivity contribution in [1.29, 1.82) is 0 Å². The summed E-state index contributed by atoms with van der Waals surface area (Å²) in [5, 5.41) is 2.86. The van der Waals surface area contributed by atoms with Gasteiger partial charge < -0.3 is 5.32 Å². The van der Waals surface area contributed by atoms with Gasteiger partial charge in [0.15, 0.2) is 0 Å². The highest BCUT2D eigenvalue weighted by Gasteiger charge is 2.29. The monoisotopic (exact) mass is 462 g/mol. The molecule has 1 amide bonds. The first-order valence-corrected chi connectivity index (χ1v) is 10.7. The highest BCUT2D eigenvalue weighted by molar-refractivity contribution is 7.97. The summed E-state index contributed by atoms with van der Waals surface area (Å²) in [7, 11) is 0. The molecular formula is C24H22F4N2OS. The summed E-state index contributed by atoms with van der Waals surface area (Å²) >= 11 is 1.38. The normalized spacial score (nSPS) is 11.6. The molecule has 0 fully saturated rings. The second kappa shape index (κ2) is 10.7. The van der Waals surface area contributed by atoms with E-state index in [1.54, 1.807) is 12.1 Å². The molecule has 0 saturated carbocycles. The molecule has 32 heavy (non-hydrogen) atoms. The van der Waals surface area contributed by atoms with Crippen LogP contribution in [0.25, 0.3) is 11.1 Å². The van der Waals surface area contributed by atoms with Crippen LogP contribution in [-0.4, -0.2) is 23.3 Å². The van der Waals surface area contributed by atoms with Crippen molar-refractivity contribution in [2.75, 3.05) is 13.1 Å². The number of carbonyl (C=O) groups excluding carboxylic acids is 1. The van der Waals surface area contributed by atoms with Crippen LogP contribution < -0.4 is 5.32 Å². The van der Waals surface area contributed by atoms with Gasteiger partial charge in [-0.3, -0.25) is 4.79 Å². The van der Waals surface area contributed by atoms with Crippen molar-refractivity contribution >= 4 is 17.9 Å². The molecule has 0 bridgehead atoms. The number of alkyl halides is 3. The summed E-state index contributed by atoms with van der Waals surface area (Å²) < 4.78 is 53.0. The van der Waals surface area contributed by atoms with Crippen molar-refractivity contribution < 1.29 is 22.4 Å². The highest BCUT2D eigenvalue weighted by atomic mass is 32.2. The van der Waals surface area contributed by atoms with E-state index in [0.717, 1.165) is 28.2 Å². The molecule has 0 spiro atoms. The van der Waals surface area contributed by atoms with Crippen molar-refractivity contribution in [3.8, 4) is 11.1 Å². The molecule has 1 N–H and O–H groups in total. The van der Waals surface area contributed by atoms with Crippen LogP contribution in [0.4, 0.5) is 17.6 Å². The van der Waals surface area contributed by atoms with E-state index < -0.39 is 11.7 Å². The van der Waals surface area contributed by atoms with Crippen LogP contribution in [0.1, 0.15) is 18.1 Å². The van der Waals surface area contributed by atoms with Gasteiger partial charge in [-0.2, -0.15) is 13.2 Å². The zero-order chi connectivity index (χ0) is 23.1. The van der Waals surface area contributed by atoms with E-state index in [1.165, 1.54) is 36.2 Å². The van der Waals surface area contributed by atoms with Gasteiger partial charge in [0.1, 0.15) is 5.82 Å². The zero-order valence-corrected chi connectivity index (χ0v) is 18.1. The van der Waals surface area contributed by atoms with Gasteiger partial charge in [0.2, 0.25) is 5.91 Å². The Hall–Kier alpha value is -2.84. The Kier molecular flexibility index (Phi) is 7.93. The summed E-state index contributed by atoms with van der Waals surface area (Å²) in [4.78, 5) is 13.2. The van der Waals surface area contributed by atoms with Crippen LogP contribution >= 0.6 is 11.9 Å². The van der Waals surface area contributed by atoms with Gasteiger partial charge in [-0.25, -0.2) is 8.70 Å². The average molecular weight is 463 g/mol. The molecule has 3 nitrogen and oxygen atoms in total. The fourth-order valence-electron chi connectivity index (χ4n) is 2.94. The number of benzene rings is 3. The number of rotatable bonds is 8. The Morgan fingerprint density at radius 3 is 2.00 bits per heavy atom. The maximum atomic E-state index is 13.0. The van der Waals surface area contributed by atoms with Crippen molar-refractivity contribution in [3.05, 3.63) is 89.7 Å². The molecule has 0 radical (unpaired) electrons. The highest BCUT2D eigenvalue weighted by Crippen LogP contribution is 2.31. The summed E-state index contributed by atoms with van der Waals surface area (Å²) in [6, 6.07) is 18.4. The van der Waals surface area contributed by atoms with Crippen LogP contribution in [0.15, 0.2) is 77.7 Å². The molecule has 3 aromatic rings. The lowest BCUT2D eigenvalue weighted by molar-refractivity contribution is -0.137. The third kappa shape index (κ3) is 6.83. The van der Waals surface area contributed by atoms with Gasteiger partial charge in [-0.05, 0) is 65.0 Å². The van der Waals surface area contributed by atoms with E-state index in [0.29, 0.717) is 18.7 Å². The number of amides is 1. The average Bonchev–Trinajstić information content (AvgIpc) is 2.78. The second-order valence-electron chi connectivity index (χ2n) is 7.05. The molecule has 168 valence electrons. The molecule has 3 rings (SSSR count). The standard InChI is InChI=1S/C24H22F4N2OS/c1-2-30(32-22-13-11-21(25)12-14-22)16-23(31)29-15-17-3-5-18(6-4-17)19-7-9-20(10-8-19)24(26,27)28/h3-14H,2,15-16H2,1H3,(H,29,31). The summed E-state index contributed by atoms with van der Waals surface area (Å²) in [6.45, 7) is 3.09. The minimum atomic E-state index is -4.36. The molecule has 0 aliphatic carbocycles. The zero-order valence-electron chi connectivity index (χ0n) is 17.3.